The van der Waals surface area contributed by atoms with Gasteiger partial charge >= 0.3 is 6.18 Å². The van der Waals surface area contributed by atoms with Gasteiger partial charge in [-0.05, 0) is 49.7 Å². The molecule has 1 atom stereocenters. The molecule has 4 aromatic rings. The summed E-state index contributed by atoms with van der Waals surface area (Å²) in [6.45, 7) is 2.16. The van der Waals surface area contributed by atoms with Crippen LogP contribution in [0.15, 0.2) is 48.8 Å². The molecule has 0 radical (unpaired) electrons. The summed E-state index contributed by atoms with van der Waals surface area (Å²) in [5, 5.41) is 4.50. The van der Waals surface area contributed by atoms with Crippen LogP contribution in [-0.4, -0.2) is 37.1 Å². The van der Waals surface area contributed by atoms with Crippen molar-refractivity contribution in [2.24, 2.45) is 7.05 Å². The molecule has 1 amide bonds. The standard InChI is InChI=1S/C24H19F4N5O/c1-13-21-18(22(32(2)31-21)15-9-16(24(26,27)28)12-17(25)10-15)5-8-33(13)23(34)14-3-4-19-20(11-14)30-7-6-29-19/h3-4,6-7,9-13H,5,8H2,1-2H3/t13-/m0/s1. The number of benzene rings is 2. The third kappa shape index (κ3) is 3.68. The molecular weight excluding hydrogens is 450 g/mol. The number of nitrogens with zero attached hydrogens (tertiary/aromatic N) is 5. The number of carbonyl (C=O) groups excluding carboxylic acids is 1. The minimum atomic E-state index is -4.67. The maximum absolute atomic E-state index is 14.1. The molecule has 174 valence electrons. The number of fused-ring (bicyclic) bond motifs is 2. The highest BCUT2D eigenvalue weighted by atomic mass is 19.4. The quantitative estimate of drug-likeness (QED) is 0.390. The number of amides is 1. The van der Waals surface area contributed by atoms with Gasteiger partial charge in [-0.2, -0.15) is 18.3 Å². The van der Waals surface area contributed by atoms with Crippen LogP contribution in [0.3, 0.4) is 0 Å². The molecule has 0 spiro atoms. The number of alkyl halides is 3. The summed E-state index contributed by atoms with van der Waals surface area (Å²) in [5.41, 5.74) is 2.49. The molecular formula is C24H19F4N5O. The van der Waals surface area contributed by atoms with E-state index in [0.717, 1.165) is 12.1 Å². The highest BCUT2D eigenvalue weighted by Gasteiger charge is 2.35. The second kappa shape index (κ2) is 7.89. The Kier molecular flexibility index (Phi) is 5.11. The van der Waals surface area contributed by atoms with Gasteiger partial charge < -0.3 is 4.90 Å². The van der Waals surface area contributed by atoms with E-state index in [1.165, 1.54) is 4.68 Å². The lowest BCUT2D eigenvalue weighted by atomic mass is 9.94. The number of aryl methyl sites for hydroxylation is 1. The number of hydrogen-bond acceptors (Lipinski definition) is 4. The normalized spacial score (nSPS) is 16.1. The predicted octanol–water partition coefficient (Wildman–Crippen LogP) is 4.95. The molecule has 0 saturated carbocycles. The topological polar surface area (TPSA) is 63.9 Å². The zero-order valence-corrected chi connectivity index (χ0v) is 18.3. The van der Waals surface area contributed by atoms with Gasteiger partial charge in [-0.15, -0.1) is 0 Å². The second-order valence-corrected chi connectivity index (χ2v) is 8.25. The van der Waals surface area contributed by atoms with Crippen molar-refractivity contribution >= 4 is 16.9 Å². The van der Waals surface area contributed by atoms with Crippen molar-refractivity contribution in [1.82, 2.24) is 24.6 Å². The summed E-state index contributed by atoms with van der Waals surface area (Å²) in [6, 6.07) is 7.16. The van der Waals surface area contributed by atoms with E-state index in [9.17, 15) is 22.4 Å². The molecule has 0 fully saturated rings. The fourth-order valence-electron chi connectivity index (χ4n) is 4.53. The van der Waals surface area contributed by atoms with E-state index >= 15 is 0 Å². The van der Waals surface area contributed by atoms with Gasteiger partial charge in [0.25, 0.3) is 5.91 Å². The van der Waals surface area contributed by atoms with Gasteiger partial charge in [-0.3, -0.25) is 19.4 Å². The molecule has 0 unspecified atom stereocenters. The highest BCUT2D eigenvalue weighted by Crippen LogP contribution is 2.38. The van der Waals surface area contributed by atoms with Crippen LogP contribution in [0.1, 0.15) is 40.1 Å². The Hall–Kier alpha value is -3.82. The molecule has 0 bridgehead atoms. The van der Waals surface area contributed by atoms with Gasteiger partial charge in [0.05, 0.1) is 34.0 Å². The van der Waals surface area contributed by atoms with Crippen molar-refractivity contribution in [3.05, 3.63) is 77.0 Å². The van der Waals surface area contributed by atoms with Crippen LogP contribution in [0.4, 0.5) is 17.6 Å². The van der Waals surface area contributed by atoms with Crippen molar-refractivity contribution in [2.75, 3.05) is 6.54 Å². The van der Waals surface area contributed by atoms with E-state index in [-0.39, 0.29) is 11.5 Å². The van der Waals surface area contributed by atoms with Gasteiger partial charge in [-0.25, -0.2) is 4.39 Å². The molecule has 6 nitrogen and oxygen atoms in total. The number of hydrogen-bond donors (Lipinski definition) is 0. The smallest absolute Gasteiger partial charge is 0.330 e. The molecule has 0 saturated heterocycles. The lowest BCUT2D eigenvalue weighted by molar-refractivity contribution is -0.137. The van der Waals surface area contributed by atoms with Crippen molar-refractivity contribution < 1.29 is 22.4 Å². The van der Waals surface area contributed by atoms with Crippen LogP contribution in [-0.2, 0) is 19.6 Å². The van der Waals surface area contributed by atoms with Gasteiger partial charge in [0.15, 0.2) is 0 Å². The van der Waals surface area contributed by atoms with Crippen molar-refractivity contribution in [1.29, 1.82) is 0 Å². The largest absolute Gasteiger partial charge is 0.416 e. The predicted molar refractivity (Wildman–Crippen MR) is 116 cm³/mol. The number of rotatable bonds is 2. The Labute approximate surface area is 191 Å². The second-order valence-electron chi connectivity index (χ2n) is 8.25. The summed E-state index contributed by atoms with van der Waals surface area (Å²) in [7, 11) is 1.60. The first-order valence-corrected chi connectivity index (χ1v) is 10.6. The molecule has 0 N–H and O–H groups in total. The molecule has 1 aliphatic heterocycles. The summed E-state index contributed by atoms with van der Waals surface area (Å²) < 4.78 is 55.3. The monoisotopic (exact) mass is 469 g/mol. The van der Waals surface area contributed by atoms with Crippen LogP contribution < -0.4 is 0 Å². The van der Waals surface area contributed by atoms with Gasteiger partial charge in [0.1, 0.15) is 5.82 Å². The van der Waals surface area contributed by atoms with Crippen LogP contribution >= 0.6 is 0 Å². The Morgan fingerprint density at radius 3 is 2.53 bits per heavy atom. The molecule has 3 heterocycles. The third-order valence-corrected chi connectivity index (χ3v) is 6.12. The fourth-order valence-corrected chi connectivity index (χ4v) is 4.53. The summed E-state index contributed by atoms with van der Waals surface area (Å²) in [4.78, 5) is 23.4. The van der Waals surface area contributed by atoms with Gasteiger partial charge in [-0.1, -0.05) is 0 Å². The zero-order valence-electron chi connectivity index (χ0n) is 18.3. The number of aromatic nitrogens is 4. The first-order valence-electron chi connectivity index (χ1n) is 10.6. The summed E-state index contributed by atoms with van der Waals surface area (Å²) in [6.07, 6.45) is -1.17. The maximum atomic E-state index is 14.1. The SMILES string of the molecule is C[C@H]1c2nn(C)c(-c3cc(F)cc(C(F)(F)F)c3)c2CCN1C(=O)c1ccc2nccnc2c1. The van der Waals surface area contributed by atoms with E-state index in [4.69, 9.17) is 0 Å². The summed E-state index contributed by atoms with van der Waals surface area (Å²) >= 11 is 0. The number of halogens is 4. The van der Waals surface area contributed by atoms with Gasteiger partial charge in [0, 0.05) is 42.7 Å². The Bertz CT molecular complexity index is 1430. The van der Waals surface area contributed by atoms with Crippen LogP contribution in [0, 0.1) is 5.82 Å². The fraction of sp³-hybridized carbons (Fsp3) is 0.250. The van der Waals surface area contributed by atoms with Crippen LogP contribution in [0.25, 0.3) is 22.3 Å². The molecule has 2 aromatic heterocycles. The molecule has 5 rings (SSSR count). The minimum Gasteiger partial charge on any atom is -0.330 e. The Morgan fingerprint density at radius 2 is 1.79 bits per heavy atom. The molecule has 0 aliphatic carbocycles. The average Bonchev–Trinajstić information content (AvgIpc) is 3.14. The average molecular weight is 469 g/mol. The van der Waals surface area contributed by atoms with Crippen LogP contribution in [0.2, 0.25) is 0 Å². The Balaban J connectivity index is 1.51. The van der Waals surface area contributed by atoms with Gasteiger partial charge in [0.2, 0.25) is 0 Å². The van der Waals surface area contributed by atoms with Crippen molar-refractivity contribution in [2.45, 2.75) is 25.6 Å². The lowest BCUT2D eigenvalue weighted by Crippen LogP contribution is -2.38. The molecule has 1 aliphatic rings. The van der Waals surface area contributed by atoms with Crippen molar-refractivity contribution in [3.8, 4) is 11.3 Å². The van der Waals surface area contributed by atoms with E-state index in [1.54, 1.807) is 42.5 Å². The zero-order chi connectivity index (χ0) is 24.2. The van der Waals surface area contributed by atoms with E-state index < -0.39 is 23.6 Å². The Morgan fingerprint density at radius 1 is 1.06 bits per heavy atom. The van der Waals surface area contributed by atoms with E-state index in [2.05, 4.69) is 15.1 Å². The first-order chi connectivity index (χ1) is 16.1. The van der Waals surface area contributed by atoms with E-state index in [0.29, 0.717) is 52.6 Å². The minimum absolute atomic E-state index is 0.101. The molecule has 10 heteroatoms. The molecule has 2 aromatic carbocycles. The first kappa shape index (κ1) is 22.0. The maximum Gasteiger partial charge on any atom is 0.416 e. The number of carbonyl (C=O) groups is 1. The van der Waals surface area contributed by atoms with E-state index in [1.807, 2.05) is 6.92 Å². The lowest BCUT2D eigenvalue weighted by Gasteiger charge is -2.33. The highest BCUT2D eigenvalue weighted by molar-refractivity contribution is 5.97. The van der Waals surface area contributed by atoms with Crippen LogP contribution in [0.5, 0.6) is 0 Å². The van der Waals surface area contributed by atoms with Crippen molar-refractivity contribution in [3.63, 3.8) is 0 Å². The summed E-state index contributed by atoms with van der Waals surface area (Å²) in [5.74, 6) is -1.18. The third-order valence-electron chi connectivity index (χ3n) is 6.12. The molecule has 34 heavy (non-hydrogen) atoms.